The number of hydrogen-bond acceptors (Lipinski definition) is 7. The molecule has 4 heterocycles. The number of amides is 2. The summed E-state index contributed by atoms with van der Waals surface area (Å²) in [6, 6.07) is 9.15. The van der Waals surface area contributed by atoms with Gasteiger partial charge in [0.25, 0.3) is 5.91 Å². The number of hydrogen-bond donors (Lipinski definition) is 2. The molecule has 0 radical (unpaired) electrons. The Morgan fingerprint density at radius 1 is 1.27 bits per heavy atom. The molecule has 1 spiro atoms. The van der Waals surface area contributed by atoms with Gasteiger partial charge in [0.15, 0.2) is 0 Å². The number of nitrogens with two attached hydrogens (primary N) is 1. The second-order valence-electron chi connectivity index (χ2n) is 8.68. The SMILES string of the molecule is Cc1sc2cc(Oc3ccnc4cc(C(=O)N5CCCC56C[C@@H]6O)sc34)ccc2c1C(N)=O. The molecular formula is C24H21N3O4S2. The van der Waals surface area contributed by atoms with E-state index in [1.807, 2.05) is 30.0 Å². The minimum Gasteiger partial charge on any atom is -0.456 e. The van der Waals surface area contributed by atoms with Gasteiger partial charge in [-0.1, -0.05) is 0 Å². The summed E-state index contributed by atoms with van der Waals surface area (Å²) in [6.45, 7) is 2.56. The molecule has 3 N–H and O–H groups in total. The molecule has 1 aliphatic carbocycles. The highest BCUT2D eigenvalue weighted by Gasteiger charge is 2.61. The van der Waals surface area contributed by atoms with Crippen LogP contribution in [0.2, 0.25) is 0 Å². The second kappa shape index (κ2) is 7.24. The average Bonchev–Trinajstić information content (AvgIpc) is 3.15. The van der Waals surface area contributed by atoms with Crippen LogP contribution in [0.25, 0.3) is 20.3 Å². The number of primary amides is 1. The predicted octanol–water partition coefficient (Wildman–Crippen LogP) is 4.45. The van der Waals surface area contributed by atoms with Crippen LogP contribution < -0.4 is 10.5 Å². The third-order valence-corrected chi connectivity index (χ3v) is 8.87. The number of aryl methyl sites for hydroxylation is 1. The molecule has 6 rings (SSSR count). The van der Waals surface area contributed by atoms with Crippen LogP contribution in [0, 0.1) is 6.92 Å². The van der Waals surface area contributed by atoms with Crippen LogP contribution in [-0.2, 0) is 0 Å². The molecule has 1 unspecified atom stereocenters. The van der Waals surface area contributed by atoms with Gasteiger partial charge in [0.05, 0.1) is 32.3 Å². The lowest BCUT2D eigenvalue weighted by atomic mass is 10.1. The largest absolute Gasteiger partial charge is 0.456 e. The summed E-state index contributed by atoms with van der Waals surface area (Å²) in [5.74, 6) is 0.771. The molecule has 4 aromatic rings. The van der Waals surface area contributed by atoms with Crippen LogP contribution in [-0.4, -0.2) is 45.0 Å². The Bertz CT molecular complexity index is 1460. The highest BCUT2D eigenvalue weighted by Crippen LogP contribution is 2.50. The summed E-state index contributed by atoms with van der Waals surface area (Å²) in [4.78, 5) is 32.8. The second-order valence-corrected chi connectivity index (χ2v) is 11.0. The Labute approximate surface area is 197 Å². The number of fused-ring (bicyclic) bond motifs is 2. The van der Waals surface area contributed by atoms with Gasteiger partial charge in [-0.3, -0.25) is 14.6 Å². The van der Waals surface area contributed by atoms with E-state index in [1.54, 1.807) is 18.3 Å². The average molecular weight is 480 g/mol. The van der Waals surface area contributed by atoms with Gasteiger partial charge < -0.3 is 20.5 Å². The minimum absolute atomic E-state index is 0.0486. The number of carbonyl (C=O) groups excluding carboxylic acids is 2. The van der Waals surface area contributed by atoms with Gasteiger partial charge in [0.2, 0.25) is 5.91 Å². The third kappa shape index (κ3) is 3.14. The first-order valence-corrected chi connectivity index (χ1v) is 12.4. The van der Waals surface area contributed by atoms with E-state index < -0.39 is 12.0 Å². The smallest absolute Gasteiger partial charge is 0.264 e. The fraction of sp³-hybridized carbons (Fsp3) is 0.292. The summed E-state index contributed by atoms with van der Waals surface area (Å²) in [6.07, 6.45) is 3.70. The van der Waals surface area contributed by atoms with Crippen LogP contribution in [0.1, 0.15) is 44.2 Å². The number of nitrogens with zero attached hydrogens (tertiary/aromatic N) is 2. The van der Waals surface area contributed by atoms with Crippen LogP contribution >= 0.6 is 22.7 Å². The van der Waals surface area contributed by atoms with E-state index in [-0.39, 0.29) is 11.4 Å². The zero-order valence-corrected chi connectivity index (χ0v) is 19.5. The van der Waals surface area contributed by atoms with E-state index in [1.165, 1.54) is 22.7 Å². The van der Waals surface area contributed by atoms with Gasteiger partial charge >= 0.3 is 0 Å². The molecule has 2 aliphatic rings. The van der Waals surface area contributed by atoms with Crippen LogP contribution in [0.3, 0.4) is 0 Å². The monoisotopic (exact) mass is 479 g/mol. The number of ether oxygens (including phenoxy) is 1. The lowest BCUT2D eigenvalue weighted by molar-refractivity contribution is 0.0667. The molecule has 3 aromatic heterocycles. The molecule has 1 saturated carbocycles. The number of aliphatic hydroxyl groups excluding tert-OH is 1. The molecule has 0 bridgehead atoms. The van der Waals surface area contributed by atoms with Crippen molar-refractivity contribution in [3.8, 4) is 11.5 Å². The molecule has 1 aromatic carbocycles. The van der Waals surface area contributed by atoms with Crippen LogP contribution in [0.4, 0.5) is 0 Å². The van der Waals surface area contributed by atoms with Crippen molar-refractivity contribution in [1.29, 1.82) is 0 Å². The molecule has 1 aliphatic heterocycles. The van der Waals surface area contributed by atoms with Crippen LogP contribution in [0.5, 0.6) is 11.5 Å². The number of rotatable bonds is 4. The van der Waals surface area contributed by atoms with Crippen molar-refractivity contribution in [2.45, 2.75) is 37.8 Å². The molecule has 33 heavy (non-hydrogen) atoms. The molecule has 2 fully saturated rings. The Kier molecular flexibility index (Phi) is 4.52. The van der Waals surface area contributed by atoms with Crippen molar-refractivity contribution in [1.82, 2.24) is 9.88 Å². The van der Waals surface area contributed by atoms with E-state index in [4.69, 9.17) is 10.5 Å². The number of benzene rings is 1. The Morgan fingerprint density at radius 3 is 2.85 bits per heavy atom. The number of likely N-dealkylation sites (tertiary alicyclic amines) is 1. The topological polar surface area (TPSA) is 106 Å². The lowest BCUT2D eigenvalue weighted by Gasteiger charge is -2.23. The normalized spacial score (nSPS) is 21.9. The highest BCUT2D eigenvalue weighted by molar-refractivity contribution is 7.21. The van der Waals surface area contributed by atoms with Gasteiger partial charge in [0.1, 0.15) is 11.5 Å². The maximum absolute atomic E-state index is 13.2. The molecule has 7 nitrogen and oxygen atoms in total. The molecule has 2 atom stereocenters. The summed E-state index contributed by atoms with van der Waals surface area (Å²) >= 11 is 2.87. The first kappa shape index (κ1) is 20.6. The first-order valence-electron chi connectivity index (χ1n) is 10.8. The van der Waals surface area contributed by atoms with E-state index in [9.17, 15) is 14.7 Å². The van der Waals surface area contributed by atoms with Crippen molar-refractivity contribution in [2.75, 3.05) is 6.54 Å². The fourth-order valence-electron chi connectivity index (χ4n) is 4.97. The van der Waals surface area contributed by atoms with E-state index in [0.717, 1.165) is 32.5 Å². The lowest BCUT2D eigenvalue weighted by Crippen LogP contribution is -2.39. The summed E-state index contributed by atoms with van der Waals surface area (Å²) in [5, 5.41) is 10.9. The maximum atomic E-state index is 13.2. The third-order valence-electron chi connectivity index (χ3n) is 6.68. The van der Waals surface area contributed by atoms with Gasteiger partial charge in [-0.2, -0.15) is 0 Å². The van der Waals surface area contributed by atoms with E-state index >= 15 is 0 Å². The van der Waals surface area contributed by atoms with Crippen molar-refractivity contribution >= 4 is 54.8 Å². The minimum atomic E-state index is -0.433. The van der Waals surface area contributed by atoms with Crippen LogP contribution in [0.15, 0.2) is 36.5 Å². The van der Waals surface area contributed by atoms with Gasteiger partial charge in [-0.05, 0) is 44.0 Å². The number of aliphatic hydroxyl groups is 1. The quantitative estimate of drug-likeness (QED) is 0.450. The number of pyridine rings is 1. The standard InChI is InChI=1S/C24H21N3O4S2/c1-12-20(22(25)29)14-4-3-13(9-17(14)32-12)31-16-5-7-26-15-10-18(33-21(15)16)23(30)27-8-2-6-24(27)11-19(24)28/h3-5,7,9-10,19,28H,2,6,8,11H2,1H3,(H2,25,29)/t19-,24?/m0/s1. The molecule has 2 amide bonds. The highest BCUT2D eigenvalue weighted by atomic mass is 32.1. The fourth-order valence-corrected chi connectivity index (χ4v) is 7.08. The van der Waals surface area contributed by atoms with E-state index in [2.05, 4.69) is 4.98 Å². The molecule has 1 saturated heterocycles. The zero-order chi connectivity index (χ0) is 22.9. The maximum Gasteiger partial charge on any atom is 0.264 e. The number of thiophene rings is 2. The number of carbonyl (C=O) groups is 2. The summed E-state index contributed by atoms with van der Waals surface area (Å²) in [5.41, 5.74) is 6.43. The Hall–Kier alpha value is -3.01. The Morgan fingerprint density at radius 2 is 2.09 bits per heavy atom. The van der Waals surface area contributed by atoms with Crippen molar-refractivity contribution in [2.24, 2.45) is 5.73 Å². The van der Waals surface area contributed by atoms with Crippen molar-refractivity contribution in [3.63, 3.8) is 0 Å². The van der Waals surface area contributed by atoms with Gasteiger partial charge in [-0.15, -0.1) is 22.7 Å². The summed E-state index contributed by atoms with van der Waals surface area (Å²) in [7, 11) is 0. The summed E-state index contributed by atoms with van der Waals surface area (Å²) < 4.78 is 7.92. The molecule has 168 valence electrons. The zero-order valence-electron chi connectivity index (χ0n) is 17.8. The van der Waals surface area contributed by atoms with Gasteiger partial charge in [-0.25, -0.2) is 0 Å². The Balaban J connectivity index is 1.33. The predicted molar refractivity (Wildman–Crippen MR) is 128 cm³/mol. The molecular weight excluding hydrogens is 458 g/mol. The first-order chi connectivity index (χ1) is 15.9. The number of aromatic nitrogens is 1. The van der Waals surface area contributed by atoms with Gasteiger partial charge in [0, 0.05) is 40.2 Å². The van der Waals surface area contributed by atoms with Crippen molar-refractivity contribution in [3.05, 3.63) is 51.8 Å². The molecule has 9 heteroatoms. The van der Waals surface area contributed by atoms with E-state index in [0.29, 0.717) is 40.4 Å². The van der Waals surface area contributed by atoms with Crippen molar-refractivity contribution < 1.29 is 19.4 Å².